The van der Waals surface area contributed by atoms with E-state index in [1.807, 2.05) is 19.3 Å². The lowest BCUT2D eigenvalue weighted by Crippen LogP contribution is -2.35. The minimum absolute atomic E-state index is 0.00417. The quantitative estimate of drug-likeness (QED) is 0.693. The lowest BCUT2D eigenvalue weighted by molar-refractivity contribution is -0.384. The molecular formula is C15H20N4O2. The number of rotatable bonds is 4. The lowest BCUT2D eigenvalue weighted by atomic mass is 10.1. The molecule has 0 bridgehead atoms. The van der Waals surface area contributed by atoms with Gasteiger partial charge in [-0.2, -0.15) is 5.10 Å². The lowest BCUT2D eigenvalue weighted by Gasteiger charge is -2.20. The van der Waals surface area contributed by atoms with Crippen LogP contribution in [0.5, 0.6) is 0 Å². The molecule has 1 aromatic heterocycles. The smallest absolute Gasteiger partial charge is 0.270 e. The number of hydrogen-bond acceptors (Lipinski definition) is 4. The average molecular weight is 288 g/mol. The third-order valence-electron chi connectivity index (χ3n) is 3.04. The molecule has 0 atom stereocenters. The number of nitro groups is 1. The average Bonchev–Trinajstić information content (AvgIpc) is 2.77. The third-order valence-corrected chi connectivity index (χ3v) is 3.04. The van der Waals surface area contributed by atoms with Crippen molar-refractivity contribution >= 4 is 5.69 Å². The number of non-ortho nitro benzene ring substituents is 1. The van der Waals surface area contributed by atoms with E-state index >= 15 is 0 Å². The van der Waals surface area contributed by atoms with Crippen LogP contribution in [0.3, 0.4) is 0 Å². The van der Waals surface area contributed by atoms with Crippen molar-refractivity contribution in [2.75, 3.05) is 0 Å². The fourth-order valence-corrected chi connectivity index (χ4v) is 2.04. The van der Waals surface area contributed by atoms with E-state index in [1.165, 1.54) is 6.07 Å². The number of hydrogen-bond donors (Lipinski definition) is 1. The second-order valence-electron chi connectivity index (χ2n) is 6.09. The standard InChI is InChI=1S/C15H20N4O2/c1-15(2,3)16-9-12-10-18(4)17-14(12)11-6-5-7-13(8-11)19(20)21/h5-8,10,16H,9H2,1-4H3. The number of nitro benzene ring substituents is 1. The van der Waals surface area contributed by atoms with Crippen molar-refractivity contribution in [3.63, 3.8) is 0 Å². The molecule has 0 spiro atoms. The van der Waals surface area contributed by atoms with Gasteiger partial charge in [-0.05, 0) is 20.8 Å². The summed E-state index contributed by atoms with van der Waals surface area (Å²) in [6, 6.07) is 6.57. The number of aryl methyl sites for hydroxylation is 1. The summed E-state index contributed by atoms with van der Waals surface area (Å²) >= 11 is 0. The van der Waals surface area contributed by atoms with Crippen molar-refractivity contribution in [1.82, 2.24) is 15.1 Å². The first-order valence-corrected chi connectivity index (χ1v) is 6.78. The minimum Gasteiger partial charge on any atom is -0.308 e. The monoisotopic (exact) mass is 288 g/mol. The molecule has 0 saturated heterocycles. The maximum atomic E-state index is 10.9. The minimum atomic E-state index is -0.389. The third kappa shape index (κ3) is 3.88. The summed E-state index contributed by atoms with van der Waals surface area (Å²) in [4.78, 5) is 10.5. The maximum absolute atomic E-state index is 10.9. The van der Waals surface area contributed by atoms with Crippen molar-refractivity contribution < 1.29 is 4.92 Å². The highest BCUT2D eigenvalue weighted by Crippen LogP contribution is 2.25. The van der Waals surface area contributed by atoms with E-state index in [4.69, 9.17) is 0 Å². The maximum Gasteiger partial charge on any atom is 0.270 e. The van der Waals surface area contributed by atoms with Gasteiger partial charge in [0.15, 0.2) is 0 Å². The molecule has 2 rings (SSSR count). The van der Waals surface area contributed by atoms with E-state index in [1.54, 1.807) is 16.8 Å². The van der Waals surface area contributed by atoms with E-state index in [9.17, 15) is 10.1 Å². The Morgan fingerprint density at radius 1 is 1.38 bits per heavy atom. The number of aromatic nitrogens is 2. The van der Waals surface area contributed by atoms with Crippen molar-refractivity contribution in [3.8, 4) is 11.3 Å². The van der Waals surface area contributed by atoms with Crippen LogP contribution in [0.1, 0.15) is 26.3 Å². The highest BCUT2D eigenvalue weighted by atomic mass is 16.6. The SMILES string of the molecule is Cn1cc(CNC(C)(C)C)c(-c2cccc([N+](=O)[O-])c2)n1. The molecule has 2 aromatic rings. The van der Waals surface area contributed by atoms with Crippen LogP contribution in [0.15, 0.2) is 30.5 Å². The molecular weight excluding hydrogens is 268 g/mol. The molecule has 0 unspecified atom stereocenters. The summed E-state index contributed by atoms with van der Waals surface area (Å²) in [5, 5.41) is 18.7. The van der Waals surface area contributed by atoms with Gasteiger partial charge in [-0.15, -0.1) is 0 Å². The van der Waals surface area contributed by atoms with Crippen molar-refractivity contribution in [2.24, 2.45) is 7.05 Å². The Kier molecular flexibility index (Phi) is 4.09. The van der Waals surface area contributed by atoms with E-state index in [2.05, 4.69) is 31.2 Å². The summed E-state index contributed by atoms with van der Waals surface area (Å²) in [6.07, 6.45) is 1.94. The Morgan fingerprint density at radius 3 is 2.71 bits per heavy atom. The molecule has 0 saturated carbocycles. The highest BCUT2D eigenvalue weighted by molar-refractivity contribution is 5.65. The van der Waals surface area contributed by atoms with Crippen LogP contribution in [0, 0.1) is 10.1 Å². The summed E-state index contributed by atoms with van der Waals surface area (Å²) in [7, 11) is 1.85. The number of nitrogens with zero attached hydrogens (tertiary/aromatic N) is 3. The molecule has 6 nitrogen and oxygen atoms in total. The van der Waals surface area contributed by atoms with Crippen molar-refractivity contribution in [1.29, 1.82) is 0 Å². The molecule has 21 heavy (non-hydrogen) atoms. The molecule has 0 aliphatic carbocycles. The van der Waals surface area contributed by atoms with E-state index < -0.39 is 0 Å². The molecule has 1 N–H and O–H groups in total. The molecule has 0 aliphatic heterocycles. The largest absolute Gasteiger partial charge is 0.308 e. The summed E-state index contributed by atoms with van der Waals surface area (Å²) in [6.45, 7) is 6.94. The Hall–Kier alpha value is -2.21. The summed E-state index contributed by atoms with van der Waals surface area (Å²) in [5.74, 6) is 0. The van der Waals surface area contributed by atoms with Crippen LogP contribution in [-0.4, -0.2) is 20.2 Å². The second kappa shape index (κ2) is 5.65. The van der Waals surface area contributed by atoms with Gasteiger partial charge in [0.1, 0.15) is 0 Å². The van der Waals surface area contributed by atoms with Gasteiger partial charge in [-0.25, -0.2) is 0 Å². The fourth-order valence-electron chi connectivity index (χ4n) is 2.04. The molecule has 0 fully saturated rings. The Labute approximate surface area is 123 Å². The van der Waals surface area contributed by atoms with Crippen LogP contribution in [-0.2, 0) is 13.6 Å². The van der Waals surface area contributed by atoms with Crippen LogP contribution in [0.2, 0.25) is 0 Å². The number of benzene rings is 1. The molecule has 0 aliphatic rings. The van der Waals surface area contributed by atoms with Gasteiger partial charge in [-0.1, -0.05) is 12.1 Å². The van der Waals surface area contributed by atoms with E-state index in [0.29, 0.717) is 6.54 Å². The van der Waals surface area contributed by atoms with Gasteiger partial charge in [0.25, 0.3) is 5.69 Å². The van der Waals surface area contributed by atoms with E-state index in [-0.39, 0.29) is 16.1 Å². The molecule has 1 aromatic carbocycles. The van der Waals surface area contributed by atoms with Gasteiger partial charge >= 0.3 is 0 Å². The van der Waals surface area contributed by atoms with Crippen LogP contribution in [0.4, 0.5) is 5.69 Å². The predicted octanol–water partition coefficient (Wildman–Crippen LogP) is 2.88. The molecule has 6 heteroatoms. The van der Waals surface area contributed by atoms with Gasteiger partial charge in [0.05, 0.1) is 10.6 Å². The Balaban J connectivity index is 2.35. The molecule has 112 valence electrons. The highest BCUT2D eigenvalue weighted by Gasteiger charge is 2.16. The van der Waals surface area contributed by atoms with Crippen molar-refractivity contribution in [2.45, 2.75) is 32.9 Å². The van der Waals surface area contributed by atoms with Crippen LogP contribution < -0.4 is 5.32 Å². The Bertz CT molecular complexity index is 656. The molecule has 0 amide bonds. The first-order chi connectivity index (χ1) is 9.76. The fraction of sp³-hybridized carbons (Fsp3) is 0.400. The number of nitrogens with one attached hydrogen (secondary N) is 1. The van der Waals surface area contributed by atoms with Crippen LogP contribution >= 0.6 is 0 Å². The van der Waals surface area contributed by atoms with Crippen LogP contribution in [0.25, 0.3) is 11.3 Å². The normalized spacial score (nSPS) is 11.6. The topological polar surface area (TPSA) is 73.0 Å². The van der Waals surface area contributed by atoms with Gasteiger partial charge in [0, 0.05) is 48.6 Å². The molecule has 0 radical (unpaired) electrons. The zero-order valence-electron chi connectivity index (χ0n) is 12.8. The predicted molar refractivity (Wildman–Crippen MR) is 81.9 cm³/mol. The summed E-state index contributed by atoms with van der Waals surface area (Å²) < 4.78 is 1.73. The summed E-state index contributed by atoms with van der Waals surface area (Å²) in [5.41, 5.74) is 2.63. The van der Waals surface area contributed by atoms with Gasteiger partial charge < -0.3 is 5.32 Å². The van der Waals surface area contributed by atoms with E-state index in [0.717, 1.165) is 16.8 Å². The Morgan fingerprint density at radius 2 is 2.10 bits per heavy atom. The van der Waals surface area contributed by atoms with Crippen molar-refractivity contribution in [3.05, 3.63) is 46.1 Å². The first kappa shape index (κ1) is 15.2. The zero-order chi connectivity index (χ0) is 15.6. The van der Waals surface area contributed by atoms with Gasteiger partial charge in [-0.3, -0.25) is 14.8 Å². The van der Waals surface area contributed by atoms with Gasteiger partial charge in [0.2, 0.25) is 0 Å². The zero-order valence-corrected chi connectivity index (χ0v) is 12.8. The molecule has 1 heterocycles. The second-order valence-corrected chi connectivity index (χ2v) is 6.09. The first-order valence-electron chi connectivity index (χ1n) is 6.78.